The van der Waals surface area contributed by atoms with Gasteiger partial charge in [-0.3, -0.25) is 10.1 Å². The van der Waals surface area contributed by atoms with Crippen molar-refractivity contribution in [2.24, 2.45) is 0 Å². The number of benzene rings is 2. The van der Waals surface area contributed by atoms with Crippen molar-refractivity contribution < 1.29 is 18.1 Å². The van der Waals surface area contributed by atoms with Crippen LogP contribution in [-0.2, 0) is 6.18 Å². The van der Waals surface area contributed by atoms with Crippen LogP contribution < -0.4 is 0 Å². The van der Waals surface area contributed by atoms with E-state index in [0.29, 0.717) is 11.1 Å². The fourth-order valence-electron chi connectivity index (χ4n) is 1.81. The van der Waals surface area contributed by atoms with Gasteiger partial charge >= 0.3 is 6.18 Å². The van der Waals surface area contributed by atoms with Crippen LogP contribution in [0.3, 0.4) is 0 Å². The van der Waals surface area contributed by atoms with E-state index in [-0.39, 0.29) is 16.1 Å². The lowest BCUT2D eigenvalue weighted by atomic mass is 10.0. The molecule has 0 bridgehead atoms. The minimum atomic E-state index is -4.84. The van der Waals surface area contributed by atoms with E-state index >= 15 is 0 Å². The third-order valence-corrected chi connectivity index (χ3v) is 3.30. The van der Waals surface area contributed by atoms with E-state index in [0.717, 1.165) is 6.07 Å². The van der Waals surface area contributed by atoms with E-state index in [1.54, 1.807) is 0 Å². The summed E-state index contributed by atoms with van der Waals surface area (Å²) in [5, 5.41) is 11.2. The first kappa shape index (κ1) is 15.6. The standard InChI is InChI=1S/C13H6Cl2F3NO2/c14-8-2-3-11(15)9(6-8)7-1-4-12(19(20)21)10(5-7)13(16,17)18/h1-6H. The maximum atomic E-state index is 12.9. The van der Waals surface area contributed by atoms with E-state index in [2.05, 4.69) is 0 Å². The molecule has 0 N–H and O–H groups in total. The summed E-state index contributed by atoms with van der Waals surface area (Å²) in [6.07, 6.45) is -4.84. The molecule has 0 spiro atoms. The molecule has 8 heteroatoms. The molecule has 0 atom stereocenters. The second-order valence-corrected chi connectivity index (χ2v) is 4.95. The van der Waals surface area contributed by atoms with Crippen LogP contribution in [0.2, 0.25) is 10.0 Å². The quantitative estimate of drug-likeness (QED) is 0.530. The largest absolute Gasteiger partial charge is 0.423 e. The first-order valence-electron chi connectivity index (χ1n) is 5.51. The Balaban J connectivity index is 2.67. The van der Waals surface area contributed by atoms with Crippen LogP contribution in [0.15, 0.2) is 36.4 Å². The van der Waals surface area contributed by atoms with Crippen LogP contribution in [0.1, 0.15) is 5.56 Å². The van der Waals surface area contributed by atoms with Crippen molar-refractivity contribution in [3.05, 3.63) is 62.1 Å². The van der Waals surface area contributed by atoms with Crippen molar-refractivity contribution in [3.63, 3.8) is 0 Å². The highest BCUT2D eigenvalue weighted by atomic mass is 35.5. The lowest BCUT2D eigenvalue weighted by Crippen LogP contribution is -2.09. The van der Waals surface area contributed by atoms with Crippen LogP contribution in [0.25, 0.3) is 11.1 Å². The monoisotopic (exact) mass is 335 g/mol. The minimum Gasteiger partial charge on any atom is -0.258 e. The van der Waals surface area contributed by atoms with E-state index < -0.39 is 22.4 Å². The van der Waals surface area contributed by atoms with Crippen LogP contribution in [-0.4, -0.2) is 4.92 Å². The molecule has 0 unspecified atom stereocenters. The Hall–Kier alpha value is -1.79. The van der Waals surface area contributed by atoms with E-state index in [4.69, 9.17) is 23.2 Å². The number of nitro benzene ring substituents is 1. The van der Waals surface area contributed by atoms with Gasteiger partial charge < -0.3 is 0 Å². The van der Waals surface area contributed by atoms with Gasteiger partial charge in [0.2, 0.25) is 0 Å². The second kappa shape index (κ2) is 5.54. The Morgan fingerprint density at radius 2 is 1.71 bits per heavy atom. The van der Waals surface area contributed by atoms with Gasteiger partial charge in [-0.1, -0.05) is 23.2 Å². The van der Waals surface area contributed by atoms with Crippen molar-refractivity contribution in [1.82, 2.24) is 0 Å². The minimum absolute atomic E-state index is 0.0976. The van der Waals surface area contributed by atoms with Crippen molar-refractivity contribution in [3.8, 4) is 11.1 Å². The van der Waals surface area contributed by atoms with E-state index in [1.807, 2.05) is 0 Å². The van der Waals surface area contributed by atoms with Crippen LogP contribution in [0.5, 0.6) is 0 Å². The van der Waals surface area contributed by atoms with Gasteiger partial charge in [0.15, 0.2) is 0 Å². The number of alkyl halides is 3. The summed E-state index contributed by atoms with van der Waals surface area (Å²) in [7, 11) is 0. The molecule has 2 rings (SSSR count). The number of rotatable bonds is 2. The van der Waals surface area contributed by atoms with Gasteiger partial charge in [0.1, 0.15) is 5.56 Å². The Kier molecular flexibility index (Phi) is 4.11. The molecule has 0 aliphatic carbocycles. The molecule has 0 aromatic heterocycles. The molecule has 0 aliphatic heterocycles. The summed E-state index contributed by atoms with van der Waals surface area (Å²) in [5.74, 6) is 0. The molecule has 0 fully saturated rings. The van der Waals surface area contributed by atoms with Crippen molar-refractivity contribution >= 4 is 28.9 Å². The van der Waals surface area contributed by atoms with Crippen LogP contribution in [0, 0.1) is 10.1 Å². The molecule has 0 saturated heterocycles. The third kappa shape index (κ3) is 3.28. The smallest absolute Gasteiger partial charge is 0.258 e. The topological polar surface area (TPSA) is 43.1 Å². The normalized spacial score (nSPS) is 11.5. The highest BCUT2D eigenvalue weighted by Crippen LogP contribution is 2.40. The number of nitro groups is 1. The zero-order valence-corrected chi connectivity index (χ0v) is 11.6. The molecule has 0 aliphatic rings. The SMILES string of the molecule is O=[N+]([O-])c1ccc(-c2cc(Cl)ccc2Cl)cc1C(F)(F)F. The molecular weight excluding hydrogens is 330 g/mol. The summed E-state index contributed by atoms with van der Waals surface area (Å²) in [5.41, 5.74) is -1.98. The Morgan fingerprint density at radius 3 is 2.29 bits per heavy atom. The summed E-state index contributed by atoms with van der Waals surface area (Å²) >= 11 is 11.7. The molecule has 2 aromatic carbocycles. The lowest BCUT2D eigenvalue weighted by molar-refractivity contribution is -0.388. The van der Waals surface area contributed by atoms with Crippen molar-refractivity contribution in [2.75, 3.05) is 0 Å². The second-order valence-electron chi connectivity index (χ2n) is 4.11. The Labute approximate surface area is 127 Å². The molecule has 0 radical (unpaired) electrons. The van der Waals surface area contributed by atoms with Crippen molar-refractivity contribution in [2.45, 2.75) is 6.18 Å². The van der Waals surface area contributed by atoms with Gasteiger partial charge in [0.05, 0.1) is 4.92 Å². The van der Waals surface area contributed by atoms with Gasteiger partial charge in [-0.2, -0.15) is 13.2 Å². The average Bonchev–Trinajstić information content (AvgIpc) is 2.40. The number of hydrogen-bond donors (Lipinski definition) is 0. The molecular formula is C13H6Cl2F3NO2. The zero-order chi connectivity index (χ0) is 15.8. The lowest BCUT2D eigenvalue weighted by Gasteiger charge is -2.11. The van der Waals surface area contributed by atoms with Gasteiger partial charge in [-0.15, -0.1) is 0 Å². The summed E-state index contributed by atoms with van der Waals surface area (Å²) in [4.78, 5) is 9.62. The number of halogens is 5. The van der Waals surface area contributed by atoms with Crippen LogP contribution >= 0.6 is 23.2 Å². The van der Waals surface area contributed by atoms with E-state index in [9.17, 15) is 23.3 Å². The summed E-state index contributed by atoms with van der Waals surface area (Å²) in [6.45, 7) is 0. The average molecular weight is 336 g/mol. The first-order valence-corrected chi connectivity index (χ1v) is 6.27. The van der Waals surface area contributed by atoms with Gasteiger partial charge in [0, 0.05) is 21.7 Å². The Morgan fingerprint density at radius 1 is 1.05 bits per heavy atom. The van der Waals surface area contributed by atoms with Gasteiger partial charge in [0.25, 0.3) is 5.69 Å². The number of hydrogen-bond acceptors (Lipinski definition) is 2. The fourth-order valence-corrected chi connectivity index (χ4v) is 2.21. The predicted octanol–water partition coefficient (Wildman–Crippen LogP) is 5.59. The molecule has 3 nitrogen and oxygen atoms in total. The molecule has 110 valence electrons. The first-order chi connectivity index (χ1) is 9.70. The third-order valence-electron chi connectivity index (χ3n) is 2.74. The van der Waals surface area contributed by atoms with Gasteiger partial charge in [-0.25, -0.2) is 0 Å². The Bertz CT molecular complexity index is 717. The highest BCUT2D eigenvalue weighted by Gasteiger charge is 2.38. The molecule has 0 saturated carbocycles. The molecule has 0 heterocycles. The van der Waals surface area contributed by atoms with Crippen molar-refractivity contribution in [1.29, 1.82) is 0 Å². The maximum absolute atomic E-state index is 12.9. The highest BCUT2D eigenvalue weighted by molar-refractivity contribution is 6.35. The maximum Gasteiger partial charge on any atom is 0.423 e. The molecule has 2 aromatic rings. The van der Waals surface area contributed by atoms with Crippen LogP contribution in [0.4, 0.5) is 18.9 Å². The number of nitrogens with zero attached hydrogens (tertiary/aromatic N) is 1. The molecule has 21 heavy (non-hydrogen) atoms. The van der Waals surface area contributed by atoms with Gasteiger partial charge in [-0.05, 0) is 35.9 Å². The summed E-state index contributed by atoms with van der Waals surface area (Å²) in [6, 6.07) is 7.01. The van der Waals surface area contributed by atoms with E-state index in [1.165, 1.54) is 24.3 Å². The predicted molar refractivity (Wildman–Crippen MR) is 73.6 cm³/mol. The zero-order valence-electron chi connectivity index (χ0n) is 10.1. The fraction of sp³-hybridized carbons (Fsp3) is 0.0769. The molecule has 0 amide bonds. The summed E-state index contributed by atoms with van der Waals surface area (Å²) < 4.78 is 38.8.